The zero-order valence-electron chi connectivity index (χ0n) is 11.2. The van der Waals surface area contributed by atoms with Gasteiger partial charge in [-0.25, -0.2) is 0 Å². The van der Waals surface area contributed by atoms with Crippen LogP contribution in [0.3, 0.4) is 0 Å². The fourth-order valence-electron chi connectivity index (χ4n) is 2.27. The first-order valence-electron chi connectivity index (χ1n) is 6.51. The molecular formula is C13H22INO2S. The molecule has 0 bridgehead atoms. The van der Waals surface area contributed by atoms with E-state index in [4.69, 9.17) is 0 Å². The fraction of sp³-hybridized carbons (Fsp3) is 0.846. The molecule has 1 aliphatic rings. The van der Waals surface area contributed by atoms with Crippen LogP contribution < -0.4 is 0 Å². The van der Waals surface area contributed by atoms with Crippen LogP contribution in [-0.4, -0.2) is 45.1 Å². The van der Waals surface area contributed by atoms with Gasteiger partial charge < -0.3 is 4.90 Å². The third kappa shape index (κ3) is 5.07. The zero-order valence-corrected chi connectivity index (χ0v) is 14.1. The number of hydrogen-bond acceptors (Lipinski definition) is 3. The Morgan fingerprint density at radius 2 is 2.17 bits per heavy atom. The molecule has 1 aliphatic heterocycles. The summed E-state index contributed by atoms with van der Waals surface area (Å²) in [4.78, 5) is 25.2. The molecule has 1 heterocycles. The van der Waals surface area contributed by atoms with Gasteiger partial charge in [0.15, 0.2) is 0 Å². The minimum absolute atomic E-state index is 0.167. The molecule has 0 saturated carbocycles. The maximum atomic E-state index is 11.8. The van der Waals surface area contributed by atoms with Gasteiger partial charge in [-0.05, 0) is 32.4 Å². The molecule has 104 valence electrons. The summed E-state index contributed by atoms with van der Waals surface area (Å²) in [6.07, 6.45) is 6.65. The monoisotopic (exact) mass is 383 g/mol. The van der Waals surface area contributed by atoms with Crippen molar-refractivity contribution in [3.8, 4) is 0 Å². The molecule has 0 spiro atoms. The number of Topliss-reactive ketones (excluding diaryl/α,β-unsaturated/α-hetero) is 1. The Kier molecular flexibility index (Phi) is 7.60. The van der Waals surface area contributed by atoms with Crippen LogP contribution in [0.1, 0.15) is 39.0 Å². The molecule has 0 aromatic heterocycles. The Balaban J connectivity index is 2.11. The van der Waals surface area contributed by atoms with E-state index in [1.54, 1.807) is 11.8 Å². The van der Waals surface area contributed by atoms with Crippen LogP contribution in [0.5, 0.6) is 0 Å². The van der Waals surface area contributed by atoms with E-state index in [0.717, 1.165) is 32.2 Å². The third-order valence-corrected chi connectivity index (χ3v) is 4.94. The lowest BCUT2D eigenvalue weighted by Gasteiger charge is -2.21. The topological polar surface area (TPSA) is 37.4 Å². The number of carbonyl (C=O) groups is 2. The molecular weight excluding hydrogens is 361 g/mol. The minimum atomic E-state index is 0.167. The van der Waals surface area contributed by atoms with E-state index >= 15 is 0 Å². The predicted molar refractivity (Wildman–Crippen MR) is 85.5 cm³/mol. The normalized spacial score (nSPS) is 23.7. The standard InChI is InChI=1S/C13H22INO2S/c1-10-8-12(14)13(17)15(10)7-5-3-4-6-11(16)9-18-2/h10,12H,3-9H2,1-2H3. The summed E-state index contributed by atoms with van der Waals surface area (Å²) in [6, 6.07) is 0.387. The van der Waals surface area contributed by atoms with Crippen LogP contribution >= 0.6 is 34.4 Å². The molecule has 2 atom stereocenters. The molecule has 3 nitrogen and oxygen atoms in total. The first-order valence-corrected chi connectivity index (χ1v) is 9.15. The van der Waals surface area contributed by atoms with Gasteiger partial charge in [0, 0.05) is 19.0 Å². The summed E-state index contributed by atoms with van der Waals surface area (Å²) >= 11 is 3.83. The van der Waals surface area contributed by atoms with Crippen LogP contribution in [0.25, 0.3) is 0 Å². The number of thioether (sulfide) groups is 1. The molecule has 1 rings (SSSR count). The van der Waals surface area contributed by atoms with Crippen molar-refractivity contribution in [2.45, 2.75) is 49.0 Å². The van der Waals surface area contributed by atoms with E-state index in [-0.39, 0.29) is 3.92 Å². The molecule has 5 heteroatoms. The van der Waals surface area contributed by atoms with Crippen molar-refractivity contribution in [2.24, 2.45) is 0 Å². The van der Waals surface area contributed by atoms with Crippen molar-refractivity contribution >= 4 is 46.0 Å². The average Bonchev–Trinajstić information content (AvgIpc) is 2.55. The second-order valence-corrected chi connectivity index (χ2v) is 7.24. The molecule has 18 heavy (non-hydrogen) atoms. The van der Waals surface area contributed by atoms with E-state index in [1.165, 1.54) is 0 Å². The molecule has 0 aromatic rings. The summed E-state index contributed by atoms with van der Waals surface area (Å²) in [5, 5.41) is 0. The predicted octanol–water partition coefficient (Wildman–Crippen LogP) is 2.90. The highest BCUT2D eigenvalue weighted by molar-refractivity contribution is 14.1. The van der Waals surface area contributed by atoms with E-state index in [2.05, 4.69) is 29.5 Å². The number of unbranched alkanes of at least 4 members (excludes halogenated alkanes) is 2. The van der Waals surface area contributed by atoms with Crippen molar-refractivity contribution < 1.29 is 9.59 Å². The van der Waals surface area contributed by atoms with Gasteiger partial charge in [-0.1, -0.05) is 29.0 Å². The highest BCUT2D eigenvalue weighted by atomic mass is 127. The Morgan fingerprint density at radius 3 is 2.72 bits per heavy atom. The Hall–Kier alpha value is 0.220. The molecule has 0 radical (unpaired) electrons. The van der Waals surface area contributed by atoms with E-state index in [9.17, 15) is 9.59 Å². The number of likely N-dealkylation sites (tertiary alicyclic amines) is 1. The first-order chi connectivity index (χ1) is 8.56. The van der Waals surface area contributed by atoms with Gasteiger partial charge in [0.05, 0.1) is 9.68 Å². The van der Waals surface area contributed by atoms with Gasteiger partial charge in [0.25, 0.3) is 0 Å². The van der Waals surface area contributed by atoms with Crippen molar-refractivity contribution in [3.63, 3.8) is 0 Å². The third-order valence-electron chi connectivity index (χ3n) is 3.29. The van der Waals surface area contributed by atoms with Gasteiger partial charge in [-0.15, -0.1) is 0 Å². The van der Waals surface area contributed by atoms with E-state index in [0.29, 0.717) is 29.9 Å². The Labute approximate surface area is 128 Å². The molecule has 0 aromatic carbocycles. The number of rotatable bonds is 8. The number of hydrogen-bond donors (Lipinski definition) is 0. The van der Waals surface area contributed by atoms with Crippen LogP contribution in [0.4, 0.5) is 0 Å². The Bertz CT molecular complexity index is 299. The second-order valence-electron chi connectivity index (χ2n) is 4.87. The number of carbonyl (C=O) groups excluding carboxylic acids is 2. The summed E-state index contributed by atoms with van der Waals surface area (Å²) in [5.41, 5.74) is 0. The lowest BCUT2D eigenvalue weighted by atomic mass is 10.1. The first kappa shape index (κ1) is 16.3. The largest absolute Gasteiger partial charge is 0.339 e. The Morgan fingerprint density at radius 1 is 1.44 bits per heavy atom. The van der Waals surface area contributed by atoms with E-state index < -0.39 is 0 Å². The molecule has 0 aliphatic carbocycles. The average molecular weight is 383 g/mol. The zero-order chi connectivity index (χ0) is 13.5. The summed E-state index contributed by atoms with van der Waals surface area (Å²) < 4.78 is 0.167. The number of alkyl halides is 1. The highest BCUT2D eigenvalue weighted by Gasteiger charge is 2.34. The van der Waals surface area contributed by atoms with Crippen LogP contribution in [0.15, 0.2) is 0 Å². The maximum absolute atomic E-state index is 11.8. The van der Waals surface area contributed by atoms with Gasteiger partial charge in [0.2, 0.25) is 5.91 Å². The summed E-state index contributed by atoms with van der Waals surface area (Å²) in [6.45, 7) is 2.98. The quantitative estimate of drug-likeness (QED) is 0.368. The fourth-order valence-corrected chi connectivity index (χ4v) is 3.83. The molecule has 1 saturated heterocycles. The van der Waals surface area contributed by atoms with Crippen molar-refractivity contribution in [3.05, 3.63) is 0 Å². The van der Waals surface area contributed by atoms with Crippen molar-refractivity contribution in [1.29, 1.82) is 0 Å². The summed E-state index contributed by atoms with van der Waals surface area (Å²) in [7, 11) is 0. The number of nitrogens with zero attached hydrogens (tertiary/aromatic N) is 1. The molecule has 0 N–H and O–H groups in total. The van der Waals surface area contributed by atoms with E-state index in [1.807, 2.05) is 11.2 Å². The molecule has 1 amide bonds. The molecule has 1 fully saturated rings. The molecule has 2 unspecified atom stereocenters. The lowest BCUT2D eigenvalue weighted by Crippen LogP contribution is -2.33. The highest BCUT2D eigenvalue weighted by Crippen LogP contribution is 2.25. The van der Waals surface area contributed by atoms with Gasteiger partial charge >= 0.3 is 0 Å². The van der Waals surface area contributed by atoms with Gasteiger partial charge in [-0.2, -0.15) is 11.8 Å². The smallest absolute Gasteiger partial charge is 0.235 e. The van der Waals surface area contributed by atoms with Gasteiger partial charge in [-0.3, -0.25) is 9.59 Å². The lowest BCUT2D eigenvalue weighted by molar-refractivity contribution is -0.128. The van der Waals surface area contributed by atoms with Crippen LogP contribution in [-0.2, 0) is 9.59 Å². The van der Waals surface area contributed by atoms with Gasteiger partial charge in [0.1, 0.15) is 5.78 Å². The SMILES string of the molecule is CSCC(=O)CCCCCN1C(=O)C(I)CC1C. The number of amides is 1. The number of ketones is 1. The maximum Gasteiger partial charge on any atom is 0.235 e. The van der Waals surface area contributed by atoms with Crippen LogP contribution in [0.2, 0.25) is 0 Å². The van der Waals surface area contributed by atoms with Crippen molar-refractivity contribution in [1.82, 2.24) is 4.90 Å². The number of halogens is 1. The second kappa shape index (κ2) is 8.40. The summed E-state index contributed by atoms with van der Waals surface area (Å²) in [5.74, 6) is 1.28. The van der Waals surface area contributed by atoms with Crippen molar-refractivity contribution in [2.75, 3.05) is 18.6 Å². The minimum Gasteiger partial charge on any atom is -0.339 e. The van der Waals surface area contributed by atoms with Crippen LogP contribution in [0, 0.1) is 0 Å².